The first-order valence-corrected chi connectivity index (χ1v) is 6.60. The van der Waals surface area contributed by atoms with Crippen molar-refractivity contribution >= 4 is 5.91 Å². The predicted molar refractivity (Wildman–Crippen MR) is 73.6 cm³/mol. The van der Waals surface area contributed by atoms with E-state index in [1.807, 2.05) is 30.9 Å². The lowest BCUT2D eigenvalue weighted by Crippen LogP contribution is -2.68. The molecule has 0 radical (unpaired) electrons. The summed E-state index contributed by atoms with van der Waals surface area (Å²) in [5.74, 6) is 0.115. The van der Waals surface area contributed by atoms with Crippen LogP contribution in [0.25, 0.3) is 0 Å². The maximum atomic E-state index is 12.3. The van der Waals surface area contributed by atoms with Gasteiger partial charge in [-0.25, -0.2) is 0 Å². The van der Waals surface area contributed by atoms with Crippen molar-refractivity contribution in [2.45, 2.75) is 39.2 Å². The van der Waals surface area contributed by atoms with Crippen LogP contribution in [0, 0.1) is 13.8 Å². The zero-order valence-corrected chi connectivity index (χ0v) is 11.5. The summed E-state index contributed by atoms with van der Waals surface area (Å²) in [5.41, 5.74) is 9.08. The van der Waals surface area contributed by atoms with Gasteiger partial charge in [0.1, 0.15) is 0 Å². The molecule has 2 N–H and O–H groups in total. The lowest BCUT2D eigenvalue weighted by molar-refractivity contribution is 0.0386. The Bertz CT molecular complexity index is 462. The minimum absolute atomic E-state index is 0.115. The zero-order valence-electron chi connectivity index (χ0n) is 11.5. The van der Waals surface area contributed by atoms with E-state index in [-0.39, 0.29) is 11.4 Å². The number of nitrogens with zero attached hydrogens (tertiary/aromatic N) is 1. The second-order valence-electron chi connectivity index (χ2n) is 5.59. The van der Waals surface area contributed by atoms with Crippen LogP contribution in [0.3, 0.4) is 0 Å². The molecule has 0 saturated carbocycles. The highest BCUT2D eigenvalue weighted by Crippen LogP contribution is 2.26. The third-order valence-electron chi connectivity index (χ3n) is 3.66. The molecule has 1 heterocycles. The molecule has 1 fully saturated rings. The van der Waals surface area contributed by atoms with E-state index in [1.165, 1.54) is 5.56 Å². The van der Waals surface area contributed by atoms with Crippen LogP contribution in [0.1, 0.15) is 41.3 Å². The standard InChI is InChI=1S/C15H22N2O/c1-4-7-15(16)9-17(10-15)14(18)13-6-5-11(2)8-12(13)3/h5-6,8H,4,7,9-10,16H2,1-3H3. The number of aryl methyl sites for hydroxylation is 2. The summed E-state index contributed by atoms with van der Waals surface area (Å²) in [6.45, 7) is 7.53. The average Bonchev–Trinajstić information content (AvgIpc) is 2.25. The summed E-state index contributed by atoms with van der Waals surface area (Å²) in [7, 11) is 0. The molecule has 1 aromatic carbocycles. The van der Waals surface area contributed by atoms with E-state index in [4.69, 9.17) is 5.73 Å². The van der Waals surface area contributed by atoms with Crippen molar-refractivity contribution in [2.24, 2.45) is 5.73 Å². The lowest BCUT2D eigenvalue weighted by atomic mass is 9.85. The first-order chi connectivity index (χ1) is 8.45. The largest absolute Gasteiger partial charge is 0.335 e. The van der Waals surface area contributed by atoms with E-state index in [2.05, 4.69) is 13.0 Å². The highest BCUT2D eigenvalue weighted by molar-refractivity contribution is 5.96. The smallest absolute Gasteiger partial charge is 0.254 e. The molecule has 1 aliphatic heterocycles. The Kier molecular flexibility index (Phi) is 3.44. The van der Waals surface area contributed by atoms with Crippen LogP contribution in [0.5, 0.6) is 0 Å². The van der Waals surface area contributed by atoms with E-state index < -0.39 is 0 Å². The number of amides is 1. The maximum absolute atomic E-state index is 12.3. The number of likely N-dealkylation sites (tertiary alicyclic amines) is 1. The Balaban J connectivity index is 2.06. The Morgan fingerprint density at radius 3 is 2.61 bits per heavy atom. The van der Waals surface area contributed by atoms with Crippen molar-refractivity contribution in [1.82, 2.24) is 4.90 Å². The van der Waals surface area contributed by atoms with Crippen LogP contribution in [0.4, 0.5) is 0 Å². The number of hydrogen-bond acceptors (Lipinski definition) is 2. The predicted octanol–water partition coefficient (Wildman–Crippen LogP) is 2.26. The number of nitrogens with two attached hydrogens (primary N) is 1. The SMILES string of the molecule is CCCC1(N)CN(C(=O)c2ccc(C)cc2C)C1. The molecule has 0 spiro atoms. The normalized spacial score (nSPS) is 17.4. The summed E-state index contributed by atoms with van der Waals surface area (Å²) in [4.78, 5) is 14.2. The molecule has 0 atom stereocenters. The van der Waals surface area contributed by atoms with Crippen LogP contribution in [0.15, 0.2) is 18.2 Å². The highest BCUT2D eigenvalue weighted by atomic mass is 16.2. The number of benzene rings is 1. The van der Waals surface area contributed by atoms with Gasteiger partial charge >= 0.3 is 0 Å². The van der Waals surface area contributed by atoms with Gasteiger partial charge in [0.05, 0.1) is 5.54 Å². The molecule has 0 aliphatic carbocycles. The summed E-state index contributed by atoms with van der Waals surface area (Å²) < 4.78 is 0. The molecule has 1 aliphatic rings. The molecule has 0 unspecified atom stereocenters. The first kappa shape index (κ1) is 13.1. The minimum atomic E-state index is -0.150. The topological polar surface area (TPSA) is 46.3 Å². The Labute approximate surface area is 109 Å². The summed E-state index contributed by atoms with van der Waals surface area (Å²) in [6, 6.07) is 5.96. The number of carbonyl (C=O) groups is 1. The second kappa shape index (κ2) is 4.73. The fraction of sp³-hybridized carbons (Fsp3) is 0.533. The maximum Gasteiger partial charge on any atom is 0.254 e. The van der Waals surface area contributed by atoms with Crippen LogP contribution < -0.4 is 5.73 Å². The van der Waals surface area contributed by atoms with Crippen molar-refractivity contribution in [3.05, 3.63) is 34.9 Å². The van der Waals surface area contributed by atoms with E-state index in [1.54, 1.807) is 0 Å². The van der Waals surface area contributed by atoms with Gasteiger partial charge in [0.15, 0.2) is 0 Å². The number of rotatable bonds is 3. The Hall–Kier alpha value is -1.35. The molecule has 1 aromatic rings. The monoisotopic (exact) mass is 246 g/mol. The molecule has 98 valence electrons. The van der Waals surface area contributed by atoms with Crippen molar-refractivity contribution in [3.63, 3.8) is 0 Å². The Morgan fingerprint density at radius 1 is 1.39 bits per heavy atom. The fourth-order valence-electron chi connectivity index (χ4n) is 2.74. The second-order valence-corrected chi connectivity index (χ2v) is 5.59. The fourth-order valence-corrected chi connectivity index (χ4v) is 2.74. The van der Waals surface area contributed by atoms with Crippen molar-refractivity contribution in [3.8, 4) is 0 Å². The van der Waals surface area contributed by atoms with Gasteiger partial charge in [-0.15, -0.1) is 0 Å². The number of carbonyl (C=O) groups excluding carboxylic acids is 1. The van der Waals surface area contributed by atoms with Crippen LogP contribution >= 0.6 is 0 Å². The third kappa shape index (κ3) is 2.41. The minimum Gasteiger partial charge on any atom is -0.335 e. The molecule has 1 saturated heterocycles. The molecule has 3 heteroatoms. The van der Waals surface area contributed by atoms with Gasteiger partial charge in [-0.2, -0.15) is 0 Å². The van der Waals surface area contributed by atoms with Gasteiger partial charge in [0.2, 0.25) is 0 Å². The average molecular weight is 246 g/mol. The number of hydrogen-bond donors (Lipinski definition) is 1. The van der Waals surface area contributed by atoms with Crippen molar-refractivity contribution in [2.75, 3.05) is 13.1 Å². The van der Waals surface area contributed by atoms with Crippen molar-refractivity contribution < 1.29 is 4.79 Å². The first-order valence-electron chi connectivity index (χ1n) is 6.60. The van der Waals surface area contributed by atoms with E-state index >= 15 is 0 Å². The molecule has 2 rings (SSSR count). The summed E-state index contributed by atoms with van der Waals surface area (Å²) in [5, 5.41) is 0. The van der Waals surface area contributed by atoms with Crippen LogP contribution in [-0.2, 0) is 0 Å². The Morgan fingerprint density at radius 2 is 2.06 bits per heavy atom. The summed E-state index contributed by atoms with van der Waals surface area (Å²) in [6.07, 6.45) is 2.06. The molecule has 0 bridgehead atoms. The lowest BCUT2D eigenvalue weighted by Gasteiger charge is -2.48. The molecular weight excluding hydrogens is 224 g/mol. The van der Waals surface area contributed by atoms with Crippen LogP contribution in [-0.4, -0.2) is 29.4 Å². The molecule has 3 nitrogen and oxygen atoms in total. The van der Waals surface area contributed by atoms with Gasteiger partial charge in [-0.3, -0.25) is 4.79 Å². The van der Waals surface area contributed by atoms with Gasteiger partial charge in [0.25, 0.3) is 5.91 Å². The third-order valence-corrected chi connectivity index (χ3v) is 3.66. The van der Waals surface area contributed by atoms with Gasteiger partial charge in [0, 0.05) is 18.7 Å². The molecular formula is C15H22N2O. The molecule has 0 aromatic heterocycles. The van der Waals surface area contributed by atoms with Crippen LogP contribution in [0.2, 0.25) is 0 Å². The summed E-state index contributed by atoms with van der Waals surface area (Å²) >= 11 is 0. The molecule has 18 heavy (non-hydrogen) atoms. The molecule has 1 amide bonds. The van der Waals surface area contributed by atoms with Crippen molar-refractivity contribution in [1.29, 1.82) is 0 Å². The van der Waals surface area contributed by atoms with Gasteiger partial charge < -0.3 is 10.6 Å². The quantitative estimate of drug-likeness (QED) is 0.889. The van der Waals surface area contributed by atoms with Gasteiger partial charge in [-0.05, 0) is 31.9 Å². The highest BCUT2D eigenvalue weighted by Gasteiger charge is 2.41. The van der Waals surface area contributed by atoms with Gasteiger partial charge in [-0.1, -0.05) is 31.0 Å². The van der Waals surface area contributed by atoms with E-state index in [9.17, 15) is 4.79 Å². The van der Waals surface area contributed by atoms with E-state index in [0.717, 1.165) is 24.0 Å². The zero-order chi connectivity index (χ0) is 13.3. The van der Waals surface area contributed by atoms with E-state index in [0.29, 0.717) is 13.1 Å².